The largest absolute Gasteiger partial charge is 0.485 e. The van der Waals surface area contributed by atoms with Crippen LogP contribution in [0.15, 0.2) is 41.8 Å². The Bertz CT molecular complexity index is 1180. The fourth-order valence-electron chi connectivity index (χ4n) is 3.81. The smallest absolute Gasteiger partial charge is 0.267 e. The Hall–Kier alpha value is -3.18. The van der Waals surface area contributed by atoms with Gasteiger partial charge in [-0.2, -0.15) is 5.10 Å². The van der Waals surface area contributed by atoms with Crippen molar-refractivity contribution in [2.24, 2.45) is 0 Å². The molecule has 11 heteroatoms. The Morgan fingerprint density at radius 3 is 2.59 bits per heavy atom. The molecule has 0 spiro atoms. The minimum atomic E-state index is -0.676. The Morgan fingerprint density at radius 2 is 1.84 bits per heavy atom. The molecule has 0 saturated carbocycles. The molecule has 0 bridgehead atoms. The number of nitrogens with one attached hydrogen (secondary N) is 1. The molecule has 1 unspecified atom stereocenters. The van der Waals surface area contributed by atoms with Crippen LogP contribution in [-0.2, 0) is 16.1 Å². The second-order valence-electron chi connectivity index (χ2n) is 7.49. The summed E-state index contributed by atoms with van der Waals surface area (Å²) in [5, 5.41) is 8.99. The zero-order valence-corrected chi connectivity index (χ0v) is 18.7. The summed E-state index contributed by atoms with van der Waals surface area (Å²) in [4.78, 5) is 30.3. The van der Waals surface area contributed by atoms with Crippen LogP contribution in [0.3, 0.4) is 0 Å². The third-order valence-corrected chi connectivity index (χ3v) is 6.70. The van der Waals surface area contributed by atoms with E-state index < -0.39 is 6.10 Å². The zero-order chi connectivity index (χ0) is 22.1. The van der Waals surface area contributed by atoms with Crippen LogP contribution in [0.4, 0.5) is 0 Å². The van der Waals surface area contributed by atoms with E-state index in [0.29, 0.717) is 48.3 Å². The maximum Gasteiger partial charge on any atom is 0.267 e. The highest BCUT2D eigenvalue weighted by atomic mass is 32.1. The predicted molar refractivity (Wildman–Crippen MR) is 120 cm³/mol. The van der Waals surface area contributed by atoms with Crippen molar-refractivity contribution in [2.75, 3.05) is 32.8 Å². The highest BCUT2D eigenvalue weighted by molar-refractivity contribution is 7.71. The van der Waals surface area contributed by atoms with E-state index in [-0.39, 0.29) is 25.0 Å². The maximum atomic E-state index is 12.9. The van der Waals surface area contributed by atoms with Gasteiger partial charge in [0, 0.05) is 26.2 Å². The summed E-state index contributed by atoms with van der Waals surface area (Å²) in [6, 6.07) is 11.2. The minimum Gasteiger partial charge on any atom is -0.485 e. The molecular weight excluding hydrogens is 450 g/mol. The van der Waals surface area contributed by atoms with E-state index in [9.17, 15) is 9.59 Å². The molecule has 1 atom stereocenters. The van der Waals surface area contributed by atoms with Crippen LogP contribution in [0.25, 0.3) is 10.7 Å². The molecule has 2 aliphatic rings. The summed E-state index contributed by atoms with van der Waals surface area (Å²) >= 11 is 6.86. The van der Waals surface area contributed by atoms with Gasteiger partial charge in [-0.05, 0) is 35.8 Å². The molecule has 2 amide bonds. The number of fused-ring (bicyclic) bond motifs is 1. The van der Waals surface area contributed by atoms with Crippen LogP contribution in [0.1, 0.15) is 0 Å². The summed E-state index contributed by atoms with van der Waals surface area (Å²) in [7, 11) is 0. The lowest BCUT2D eigenvalue weighted by molar-refractivity contribution is -0.146. The number of ether oxygens (including phenoxy) is 2. The van der Waals surface area contributed by atoms with Gasteiger partial charge in [0.1, 0.15) is 13.2 Å². The minimum absolute atomic E-state index is 0.0569. The van der Waals surface area contributed by atoms with E-state index in [4.69, 9.17) is 21.7 Å². The van der Waals surface area contributed by atoms with Gasteiger partial charge in [0.25, 0.3) is 5.91 Å². The molecule has 0 radical (unpaired) electrons. The number of aromatic nitrogens is 3. The molecule has 1 aromatic carbocycles. The number of H-pyrrole nitrogens is 1. The number of benzene rings is 1. The monoisotopic (exact) mass is 471 g/mol. The van der Waals surface area contributed by atoms with E-state index >= 15 is 0 Å². The molecule has 1 fully saturated rings. The van der Waals surface area contributed by atoms with Crippen molar-refractivity contribution in [3.05, 3.63) is 46.5 Å². The van der Waals surface area contributed by atoms with Gasteiger partial charge in [0.15, 0.2) is 22.1 Å². The molecule has 0 aliphatic carbocycles. The highest BCUT2D eigenvalue weighted by Gasteiger charge is 2.33. The number of hydrogen-bond donors (Lipinski definition) is 1. The summed E-state index contributed by atoms with van der Waals surface area (Å²) < 4.78 is 13.6. The van der Waals surface area contributed by atoms with Crippen LogP contribution in [0.2, 0.25) is 0 Å². The number of para-hydroxylation sites is 2. The van der Waals surface area contributed by atoms with Crippen LogP contribution in [-0.4, -0.2) is 75.3 Å². The third kappa shape index (κ3) is 4.00. The lowest BCUT2D eigenvalue weighted by Gasteiger charge is -2.37. The van der Waals surface area contributed by atoms with Crippen molar-refractivity contribution in [2.45, 2.75) is 12.6 Å². The van der Waals surface area contributed by atoms with Crippen molar-refractivity contribution >= 4 is 35.4 Å². The molecule has 1 saturated heterocycles. The molecule has 166 valence electrons. The van der Waals surface area contributed by atoms with Crippen molar-refractivity contribution in [3.8, 4) is 22.2 Å². The first-order valence-electron chi connectivity index (χ1n) is 10.2. The number of nitrogens with zero attached hydrogens (tertiary/aromatic N) is 4. The van der Waals surface area contributed by atoms with E-state index in [1.807, 2.05) is 35.7 Å². The SMILES string of the molecule is O=C(Cn1c(-c2cccs2)n[nH]c1=S)N1CCN(C(=O)C2COc3ccccc3O2)CC1. The highest BCUT2D eigenvalue weighted by Crippen LogP contribution is 2.31. The molecule has 4 heterocycles. The molecule has 1 N–H and O–H groups in total. The Balaban J connectivity index is 1.19. The van der Waals surface area contributed by atoms with Crippen LogP contribution >= 0.6 is 23.6 Å². The predicted octanol–water partition coefficient (Wildman–Crippen LogP) is 2.18. The third-order valence-electron chi connectivity index (χ3n) is 5.52. The average Bonchev–Trinajstić information content (AvgIpc) is 3.48. The lowest BCUT2D eigenvalue weighted by atomic mass is 10.2. The number of amides is 2. The van der Waals surface area contributed by atoms with Crippen molar-refractivity contribution in [3.63, 3.8) is 0 Å². The first-order valence-corrected chi connectivity index (χ1v) is 11.5. The van der Waals surface area contributed by atoms with Crippen molar-refractivity contribution in [1.29, 1.82) is 0 Å². The van der Waals surface area contributed by atoms with Gasteiger partial charge < -0.3 is 19.3 Å². The second-order valence-corrected chi connectivity index (χ2v) is 8.82. The molecular formula is C21H21N5O4S2. The first-order chi connectivity index (χ1) is 15.6. The van der Waals surface area contributed by atoms with Gasteiger partial charge in [0.2, 0.25) is 12.0 Å². The average molecular weight is 472 g/mol. The van der Waals surface area contributed by atoms with Crippen LogP contribution in [0.5, 0.6) is 11.5 Å². The summed E-state index contributed by atoms with van der Waals surface area (Å²) in [6.45, 7) is 2.08. The van der Waals surface area contributed by atoms with E-state index in [0.717, 1.165) is 4.88 Å². The zero-order valence-electron chi connectivity index (χ0n) is 17.1. The molecule has 2 aromatic heterocycles. The van der Waals surface area contributed by atoms with Gasteiger partial charge in [-0.1, -0.05) is 18.2 Å². The molecule has 5 rings (SSSR count). The summed E-state index contributed by atoms with van der Waals surface area (Å²) in [5.74, 6) is 1.69. The standard InChI is InChI=1S/C21H21N5O4S2/c27-18(12-26-19(22-23-21(26)31)17-6-3-11-32-17)24-7-9-25(10-8-24)20(28)16-13-29-14-4-1-2-5-15(14)30-16/h1-6,11,16H,7-10,12-13H2,(H,23,31). The molecule has 32 heavy (non-hydrogen) atoms. The normalized spacial score (nSPS) is 17.9. The first kappa shape index (κ1) is 20.7. The van der Waals surface area contributed by atoms with Crippen LogP contribution < -0.4 is 9.47 Å². The van der Waals surface area contributed by atoms with Gasteiger partial charge >= 0.3 is 0 Å². The molecule has 3 aromatic rings. The lowest BCUT2D eigenvalue weighted by Crippen LogP contribution is -2.55. The summed E-state index contributed by atoms with van der Waals surface area (Å²) in [5.41, 5.74) is 0. The quantitative estimate of drug-likeness (QED) is 0.587. The van der Waals surface area contributed by atoms with E-state index in [1.165, 1.54) is 11.3 Å². The van der Waals surface area contributed by atoms with Crippen LogP contribution in [0, 0.1) is 4.77 Å². The van der Waals surface area contributed by atoms with Gasteiger partial charge in [0.05, 0.1) is 4.88 Å². The Kier molecular flexibility index (Phi) is 5.66. The Labute approximate surface area is 193 Å². The number of carbonyl (C=O) groups excluding carboxylic acids is 2. The molecule has 2 aliphatic heterocycles. The number of aromatic amines is 1. The molecule has 9 nitrogen and oxygen atoms in total. The number of rotatable bonds is 4. The van der Waals surface area contributed by atoms with E-state index in [1.54, 1.807) is 20.4 Å². The Morgan fingerprint density at radius 1 is 1.09 bits per heavy atom. The van der Waals surface area contributed by atoms with Gasteiger partial charge in [-0.15, -0.1) is 11.3 Å². The second kappa shape index (κ2) is 8.75. The number of piperazine rings is 1. The fraction of sp³-hybridized carbons (Fsp3) is 0.333. The number of hydrogen-bond acceptors (Lipinski definition) is 7. The maximum absolute atomic E-state index is 12.9. The van der Waals surface area contributed by atoms with Crippen molar-refractivity contribution < 1.29 is 19.1 Å². The fourth-order valence-corrected chi connectivity index (χ4v) is 4.73. The number of carbonyl (C=O) groups is 2. The van der Waals surface area contributed by atoms with Gasteiger partial charge in [-0.3, -0.25) is 19.3 Å². The summed E-state index contributed by atoms with van der Waals surface area (Å²) in [6.07, 6.45) is -0.676. The van der Waals surface area contributed by atoms with Crippen molar-refractivity contribution in [1.82, 2.24) is 24.6 Å². The topological polar surface area (TPSA) is 92.7 Å². The van der Waals surface area contributed by atoms with Gasteiger partial charge in [-0.25, -0.2) is 0 Å². The van der Waals surface area contributed by atoms with E-state index in [2.05, 4.69) is 10.2 Å². The number of thiophene rings is 1.